The summed E-state index contributed by atoms with van der Waals surface area (Å²) in [7, 11) is 5.66. The minimum atomic E-state index is -0.0415. The van der Waals surface area contributed by atoms with Gasteiger partial charge in [-0.05, 0) is 52.2 Å². The molecule has 0 fully saturated rings. The Morgan fingerprint density at radius 1 is 1.32 bits per heavy atom. The van der Waals surface area contributed by atoms with Crippen molar-refractivity contribution in [2.24, 2.45) is 0 Å². The molecule has 1 aromatic carbocycles. The van der Waals surface area contributed by atoms with Crippen LogP contribution in [0.3, 0.4) is 0 Å². The molecule has 0 saturated carbocycles. The molecule has 0 atom stereocenters. The van der Waals surface area contributed by atoms with Gasteiger partial charge in [0.05, 0.1) is 12.8 Å². The Kier molecular flexibility index (Phi) is 8.24. The number of anilines is 1. The molecule has 0 aliphatic carbocycles. The SMILES string of the molecule is COc1cc(Cl)c(C)cc1NC(=O)CCNCCCN(C)C. The Bertz CT molecular complexity index is 493. The number of hydrogen-bond acceptors (Lipinski definition) is 4. The van der Waals surface area contributed by atoms with Crippen LogP contribution in [0, 0.1) is 6.92 Å². The summed E-state index contributed by atoms with van der Waals surface area (Å²) >= 11 is 6.05. The monoisotopic (exact) mass is 327 g/mol. The number of ether oxygens (including phenoxy) is 1. The fourth-order valence-corrected chi connectivity index (χ4v) is 2.14. The number of halogens is 1. The van der Waals surface area contributed by atoms with Crippen LogP contribution in [0.1, 0.15) is 18.4 Å². The van der Waals surface area contributed by atoms with Gasteiger partial charge in [-0.3, -0.25) is 4.79 Å². The second-order valence-electron chi connectivity index (χ2n) is 5.51. The van der Waals surface area contributed by atoms with E-state index in [1.54, 1.807) is 13.2 Å². The van der Waals surface area contributed by atoms with Crippen molar-refractivity contribution in [3.63, 3.8) is 0 Å². The highest BCUT2D eigenvalue weighted by Gasteiger charge is 2.10. The molecule has 0 spiro atoms. The van der Waals surface area contributed by atoms with Crippen LogP contribution in [0.15, 0.2) is 12.1 Å². The summed E-state index contributed by atoms with van der Waals surface area (Å²) < 4.78 is 5.24. The van der Waals surface area contributed by atoms with Crippen LogP contribution >= 0.6 is 11.6 Å². The molecule has 0 aliphatic rings. The Balaban J connectivity index is 2.38. The fourth-order valence-electron chi connectivity index (χ4n) is 1.99. The molecular formula is C16H26ClN3O2. The molecule has 0 aromatic heterocycles. The van der Waals surface area contributed by atoms with Gasteiger partial charge in [0.25, 0.3) is 0 Å². The molecule has 1 amide bonds. The first kappa shape index (κ1) is 18.7. The van der Waals surface area contributed by atoms with Crippen LogP contribution in [-0.4, -0.2) is 51.6 Å². The van der Waals surface area contributed by atoms with Crippen molar-refractivity contribution < 1.29 is 9.53 Å². The second-order valence-corrected chi connectivity index (χ2v) is 5.91. The smallest absolute Gasteiger partial charge is 0.225 e. The fraction of sp³-hybridized carbons (Fsp3) is 0.562. The lowest BCUT2D eigenvalue weighted by molar-refractivity contribution is -0.116. The first-order valence-electron chi connectivity index (χ1n) is 7.43. The Morgan fingerprint density at radius 2 is 2.05 bits per heavy atom. The Hall–Kier alpha value is -1.30. The van der Waals surface area contributed by atoms with Crippen molar-refractivity contribution in [3.05, 3.63) is 22.7 Å². The highest BCUT2D eigenvalue weighted by Crippen LogP contribution is 2.30. The molecule has 0 aliphatic heterocycles. The molecule has 1 rings (SSSR count). The van der Waals surface area contributed by atoms with Gasteiger partial charge in [0.15, 0.2) is 0 Å². The highest BCUT2D eigenvalue weighted by molar-refractivity contribution is 6.31. The van der Waals surface area contributed by atoms with Crippen LogP contribution < -0.4 is 15.4 Å². The van der Waals surface area contributed by atoms with E-state index in [1.165, 1.54) is 0 Å². The van der Waals surface area contributed by atoms with Crippen LogP contribution in [0.2, 0.25) is 5.02 Å². The van der Waals surface area contributed by atoms with Gasteiger partial charge in [0.2, 0.25) is 5.91 Å². The van der Waals surface area contributed by atoms with Gasteiger partial charge in [0, 0.05) is 24.1 Å². The quantitative estimate of drug-likeness (QED) is 0.684. The zero-order chi connectivity index (χ0) is 16.5. The number of carbonyl (C=O) groups excluding carboxylic acids is 1. The molecule has 0 heterocycles. The molecule has 124 valence electrons. The molecule has 0 unspecified atom stereocenters. The van der Waals surface area contributed by atoms with E-state index in [4.69, 9.17) is 16.3 Å². The lowest BCUT2D eigenvalue weighted by atomic mass is 10.2. The molecule has 0 radical (unpaired) electrons. The van der Waals surface area contributed by atoms with E-state index in [9.17, 15) is 4.79 Å². The van der Waals surface area contributed by atoms with E-state index in [0.717, 1.165) is 25.1 Å². The lowest BCUT2D eigenvalue weighted by Gasteiger charge is -2.13. The molecule has 6 heteroatoms. The molecule has 0 bridgehead atoms. The second kappa shape index (κ2) is 9.66. The number of methoxy groups -OCH3 is 1. The Morgan fingerprint density at radius 3 is 2.68 bits per heavy atom. The van der Waals surface area contributed by atoms with Gasteiger partial charge in [0.1, 0.15) is 5.75 Å². The van der Waals surface area contributed by atoms with Crippen molar-refractivity contribution >= 4 is 23.2 Å². The standard InChI is InChI=1S/C16H26ClN3O2/c1-12-10-14(15(22-4)11-13(12)17)19-16(21)6-8-18-7-5-9-20(2)3/h10-11,18H,5-9H2,1-4H3,(H,19,21). The molecule has 1 aromatic rings. The van der Waals surface area contributed by atoms with Crippen molar-refractivity contribution in [1.29, 1.82) is 0 Å². The minimum absolute atomic E-state index is 0.0415. The van der Waals surface area contributed by atoms with E-state index in [1.807, 2.05) is 13.0 Å². The number of rotatable bonds is 9. The summed E-state index contributed by atoms with van der Waals surface area (Å²) in [6.07, 6.45) is 1.49. The summed E-state index contributed by atoms with van der Waals surface area (Å²) in [6.45, 7) is 4.51. The third-order valence-corrected chi connectivity index (χ3v) is 3.65. The average Bonchev–Trinajstić information content (AvgIpc) is 2.46. The summed E-state index contributed by atoms with van der Waals surface area (Å²) in [6, 6.07) is 3.54. The summed E-state index contributed by atoms with van der Waals surface area (Å²) in [4.78, 5) is 14.1. The molecule has 2 N–H and O–H groups in total. The van der Waals surface area contributed by atoms with Gasteiger partial charge >= 0.3 is 0 Å². The lowest BCUT2D eigenvalue weighted by Crippen LogP contribution is -2.25. The summed E-state index contributed by atoms with van der Waals surface area (Å²) in [5.74, 6) is 0.531. The van der Waals surface area contributed by atoms with E-state index in [0.29, 0.717) is 29.4 Å². The topological polar surface area (TPSA) is 53.6 Å². The first-order valence-corrected chi connectivity index (χ1v) is 7.81. The van der Waals surface area contributed by atoms with E-state index in [2.05, 4.69) is 29.6 Å². The zero-order valence-electron chi connectivity index (χ0n) is 13.8. The number of carbonyl (C=O) groups is 1. The van der Waals surface area contributed by atoms with Crippen molar-refractivity contribution in [2.45, 2.75) is 19.8 Å². The largest absolute Gasteiger partial charge is 0.495 e. The minimum Gasteiger partial charge on any atom is -0.495 e. The normalized spacial score (nSPS) is 10.8. The van der Waals surface area contributed by atoms with Gasteiger partial charge in [-0.15, -0.1) is 0 Å². The summed E-state index contributed by atoms with van der Waals surface area (Å²) in [5, 5.41) is 6.76. The van der Waals surface area contributed by atoms with Crippen molar-refractivity contribution in [2.75, 3.05) is 46.2 Å². The average molecular weight is 328 g/mol. The number of amides is 1. The van der Waals surface area contributed by atoms with Crippen LogP contribution in [-0.2, 0) is 4.79 Å². The predicted octanol–water partition coefficient (Wildman–Crippen LogP) is 2.53. The van der Waals surface area contributed by atoms with E-state index in [-0.39, 0.29) is 5.91 Å². The molecule has 0 saturated heterocycles. The van der Waals surface area contributed by atoms with Crippen LogP contribution in [0.5, 0.6) is 5.75 Å². The van der Waals surface area contributed by atoms with Gasteiger partial charge in [-0.1, -0.05) is 11.6 Å². The van der Waals surface area contributed by atoms with Crippen LogP contribution in [0.25, 0.3) is 0 Å². The van der Waals surface area contributed by atoms with Gasteiger partial charge in [-0.25, -0.2) is 0 Å². The number of nitrogens with one attached hydrogen (secondary N) is 2. The van der Waals surface area contributed by atoms with Crippen LogP contribution in [0.4, 0.5) is 5.69 Å². The van der Waals surface area contributed by atoms with Crippen molar-refractivity contribution in [1.82, 2.24) is 10.2 Å². The number of hydrogen-bond donors (Lipinski definition) is 2. The third-order valence-electron chi connectivity index (χ3n) is 3.24. The predicted molar refractivity (Wildman–Crippen MR) is 92.0 cm³/mol. The number of aryl methyl sites for hydroxylation is 1. The maximum atomic E-state index is 12.0. The number of nitrogens with zero attached hydrogens (tertiary/aromatic N) is 1. The molecule has 5 nitrogen and oxygen atoms in total. The van der Waals surface area contributed by atoms with Crippen molar-refractivity contribution in [3.8, 4) is 5.75 Å². The molecule has 22 heavy (non-hydrogen) atoms. The summed E-state index contributed by atoms with van der Waals surface area (Å²) in [5.41, 5.74) is 1.56. The van der Waals surface area contributed by atoms with E-state index >= 15 is 0 Å². The number of benzene rings is 1. The highest BCUT2D eigenvalue weighted by atomic mass is 35.5. The third kappa shape index (κ3) is 6.64. The Labute approximate surface area is 138 Å². The maximum Gasteiger partial charge on any atom is 0.225 e. The zero-order valence-corrected chi connectivity index (χ0v) is 14.6. The molecular weight excluding hydrogens is 302 g/mol. The maximum absolute atomic E-state index is 12.0. The van der Waals surface area contributed by atoms with E-state index < -0.39 is 0 Å². The first-order chi connectivity index (χ1) is 10.4. The van der Waals surface area contributed by atoms with Gasteiger partial charge < -0.3 is 20.3 Å². The van der Waals surface area contributed by atoms with Gasteiger partial charge in [-0.2, -0.15) is 0 Å².